The van der Waals surface area contributed by atoms with Crippen LogP contribution < -0.4 is 0 Å². The van der Waals surface area contributed by atoms with E-state index < -0.39 is 11.6 Å². The lowest BCUT2D eigenvalue weighted by atomic mass is 10.0. The zero-order valence-corrected chi connectivity index (χ0v) is 9.62. The summed E-state index contributed by atoms with van der Waals surface area (Å²) < 4.78 is 0. The van der Waals surface area contributed by atoms with Crippen molar-refractivity contribution in [1.29, 1.82) is 0 Å². The third-order valence-electron chi connectivity index (χ3n) is 2.07. The Labute approximate surface area is 99.0 Å². The average Bonchev–Trinajstić information content (AvgIpc) is 2.89. The molecule has 2 aromatic rings. The molecule has 0 bridgehead atoms. The summed E-state index contributed by atoms with van der Waals surface area (Å²) in [7, 11) is 0. The summed E-state index contributed by atoms with van der Waals surface area (Å²) in [6.45, 7) is 0. The van der Waals surface area contributed by atoms with Crippen LogP contribution in [0, 0.1) is 0 Å². The minimum Gasteiger partial charge on any atom is -0.479 e. The van der Waals surface area contributed by atoms with Crippen molar-refractivity contribution in [1.82, 2.24) is 0 Å². The maximum absolute atomic E-state index is 11.2. The zero-order valence-electron chi connectivity index (χ0n) is 7.99. The first kappa shape index (κ1) is 12.8. The Morgan fingerprint density at radius 3 is 1.81 bits per heavy atom. The van der Waals surface area contributed by atoms with Gasteiger partial charge in [-0.05, 0) is 22.9 Å². The fraction of sp³-hybridized carbons (Fsp3) is 0.100. The molecule has 0 aliphatic heterocycles. The zero-order chi connectivity index (χ0) is 10.9. The number of thiophene rings is 2. The van der Waals surface area contributed by atoms with Gasteiger partial charge < -0.3 is 10.2 Å². The van der Waals surface area contributed by atoms with Crippen LogP contribution in [-0.4, -0.2) is 16.2 Å². The highest BCUT2D eigenvalue weighted by atomic mass is 32.1. The summed E-state index contributed by atoms with van der Waals surface area (Å²) in [4.78, 5) is 12.0. The third kappa shape index (κ3) is 1.87. The van der Waals surface area contributed by atoms with Crippen LogP contribution in [0.25, 0.3) is 0 Å². The van der Waals surface area contributed by atoms with E-state index in [9.17, 15) is 9.90 Å². The average molecular weight is 260 g/mol. The van der Waals surface area contributed by atoms with Crippen molar-refractivity contribution >= 4 is 28.6 Å². The Balaban J connectivity index is 0.00000128. The quantitative estimate of drug-likeness (QED) is 0.890. The van der Waals surface area contributed by atoms with E-state index in [-0.39, 0.29) is 4.70 Å². The maximum atomic E-state index is 11.2. The number of hydrogen-bond acceptors (Lipinski definition) is 4. The van der Waals surface area contributed by atoms with E-state index in [0.29, 0.717) is 9.75 Å². The minimum absolute atomic E-state index is 0. The van der Waals surface area contributed by atoms with Crippen LogP contribution in [0.1, 0.15) is 9.75 Å². The Morgan fingerprint density at radius 2 is 1.56 bits per heavy atom. The number of aliphatic carboxylic acids is 1. The van der Waals surface area contributed by atoms with Gasteiger partial charge in [-0.1, -0.05) is 12.1 Å². The van der Waals surface area contributed by atoms with Gasteiger partial charge >= 0.3 is 5.97 Å². The van der Waals surface area contributed by atoms with Gasteiger partial charge in [-0.15, -0.1) is 22.7 Å². The molecule has 3 nitrogen and oxygen atoms in total. The van der Waals surface area contributed by atoms with Crippen molar-refractivity contribution < 1.29 is 19.7 Å². The third-order valence-corrected chi connectivity index (χ3v) is 4.02. The summed E-state index contributed by atoms with van der Waals surface area (Å²) in [5.41, 5.74) is -1.90. The molecule has 0 aliphatic rings. The van der Waals surface area contributed by atoms with E-state index in [1.807, 2.05) is 0 Å². The van der Waals surface area contributed by atoms with Gasteiger partial charge in [-0.25, -0.2) is 4.79 Å². The molecule has 0 saturated carbocycles. The molecule has 2 heterocycles. The lowest BCUT2D eigenvalue weighted by molar-refractivity contribution is -0.154. The van der Waals surface area contributed by atoms with Gasteiger partial charge in [0.15, 0.2) is 0 Å². The van der Waals surface area contributed by atoms with Gasteiger partial charge in [0, 0.05) is 0 Å². The van der Waals surface area contributed by atoms with E-state index in [2.05, 4.69) is 0 Å². The largest absolute Gasteiger partial charge is 0.479 e. The fourth-order valence-corrected chi connectivity index (χ4v) is 3.02. The smallest absolute Gasteiger partial charge is 0.346 e. The van der Waals surface area contributed by atoms with Crippen LogP contribution >= 0.6 is 22.7 Å². The number of aliphatic hydroxyl groups is 1. The predicted molar refractivity (Wildman–Crippen MR) is 61.8 cm³/mol. The Hall–Kier alpha value is -1.24. The standard InChI is InChI=1S/C10H8O3S2.FH/c11-9(12)10(13,7-3-1-5-14-7)8-4-2-6-15-8;/h1-6,13H,(H,11,12);1H. The molecule has 2 N–H and O–H groups in total. The van der Waals surface area contributed by atoms with Crippen LogP contribution in [0.15, 0.2) is 35.0 Å². The normalized spacial score (nSPS) is 10.8. The van der Waals surface area contributed by atoms with Crippen LogP contribution in [0.4, 0.5) is 4.70 Å². The molecule has 0 atom stereocenters. The van der Waals surface area contributed by atoms with Crippen LogP contribution in [0.3, 0.4) is 0 Å². The predicted octanol–water partition coefficient (Wildman–Crippen LogP) is 2.28. The molecule has 0 radical (unpaired) electrons. The highest BCUT2D eigenvalue weighted by molar-refractivity contribution is 7.12. The molecule has 0 fully saturated rings. The van der Waals surface area contributed by atoms with Gasteiger partial charge in [-0.3, -0.25) is 4.70 Å². The fourth-order valence-electron chi connectivity index (χ4n) is 1.30. The van der Waals surface area contributed by atoms with E-state index in [0.717, 1.165) is 0 Å². The Morgan fingerprint density at radius 1 is 1.12 bits per heavy atom. The molecule has 0 aromatic carbocycles. The van der Waals surface area contributed by atoms with Gasteiger partial charge in [0.25, 0.3) is 0 Å². The van der Waals surface area contributed by atoms with E-state index in [1.54, 1.807) is 35.0 Å². The topological polar surface area (TPSA) is 57.5 Å². The van der Waals surface area contributed by atoms with Crippen molar-refractivity contribution in [3.63, 3.8) is 0 Å². The summed E-state index contributed by atoms with van der Waals surface area (Å²) in [5.74, 6) is -1.24. The SMILES string of the molecule is F.O=C(O)C(O)(c1cccs1)c1cccs1. The molecule has 0 spiro atoms. The highest BCUT2D eigenvalue weighted by Gasteiger charge is 2.42. The highest BCUT2D eigenvalue weighted by Crippen LogP contribution is 2.35. The van der Waals surface area contributed by atoms with Crippen molar-refractivity contribution in [2.75, 3.05) is 0 Å². The van der Waals surface area contributed by atoms with Gasteiger partial charge in [-0.2, -0.15) is 0 Å². The second kappa shape index (κ2) is 4.73. The van der Waals surface area contributed by atoms with Gasteiger partial charge in [0.2, 0.25) is 5.60 Å². The minimum atomic E-state index is -1.90. The first-order valence-corrected chi connectivity index (χ1v) is 5.95. The summed E-state index contributed by atoms with van der Waals surface area (Å²) >= 11 is 2.46. The molecule has 2 rings (SSSR count). The molecule has 2 aromatic heterocycles. The molecule has 6 heteroatoms. The van der Waals surface area contributed by atoms with E-state index in [1.165, 1.54) is 22.7 Å². The molecular weight excluding hydrogens is 251 g/mol. The Kier molecular flexibility index (Phi) is 3.79. The number of carbonyl (C=O) groups is 1. The molecule has 0 aliphatic carbocycles. The first-order chi connectivity index (χ1) is 7.15. The maximum Gasteiger partial charge on any atom is 0.346 e. The van der Waals surface area contributed by atoms with Crippen molar-refractivity contribution in [2.24, 2.45) is 0 Å². The van der Waals surface area contributed by atoms with E-state index >= 15 is 0 Å². The number of carboxylic acids is 1. The molecular formula is C10H9FO3S2. The lowest BCUT2D eigenvalue weighted by Crippen LogP contribution is -2.34. The lowest BCUT2D eigenvalue weighted by Gasteiger charge is -2.20. The molecule has 0 amide bonds. The molecule has 0 saturated heterocycles. The monoisotopic (exact) mass is 260 g/mol. The number of rotatable bonds is 3. The number of halogens is 1. The van der Waals surface area contributed by atoms with Crippen LogP contribution in [0.5, 0.6) is 0 Å². The summed E-state index contributed by atoms with van der Waals surface area (Å²) in [6.07, 6.45) is 0. The summed E-state index contributed by atoms with van der Waals surface area (Å²) in [5, 5.41) is 22.9. The molecule has 0 unspecified atom stereocenters. The second-order valence-corrected chi connectivity index (χ2v) is 4.87. The number of hydrogen-bond donors (Lipinski definition) is 2. The van der Waals surface area contributed by atoms with Crippen molar-refractivity contribution in [2.45, 2.75) is 5.60 Å². The first-order valence-electron chi connectivity index (χ1n) is 4.19. The van der Waals surface area contributed by atoms with Crippen LogP contribution in [-0.2, 0) is 10.4 Å². The van der Waals surface area contributed by atoms with Crippen LogP contribution in [0.2, 0.25) is 0 Å². The molecule has 86 valence electrons. The van der Waals surface area contributed by atoms with Crippen molar-refractivity contribution in [3.05, 3.63) is 44.8 Å². The second-order valence-electron chi connectivity index (χ2n) is 2.97. The van der Waals surface area contributed by atoms with Gasteiger partial charge in [0.1, 0.15) is 0 Å². The number of carboxylic acid groups (broad SMARTS) is 1. The summed E-state index contributed by atoms with van der Waals surface area (Å²) in [6, 6.07) is 6.69. The van der Waals surface area contributed by atoms with Gasteiger partial charge in [0.05, 0.1) is 9.75 Å². The molecule has 16 heavy (non-hydrogen) atoms. The van der Waals surface area contributed by atoms with E-state index in [4.69, 9.17) is 5.11 Å². The Bertz CT molecular complexity index is 416. The van der Waals surface area contributed by atoms with Crippen molar-refractivity contribution in [3.8, 4) is 0 Å².